The molecule has 0 N–H and O–H groups in total. The highest BCUT2D eigenvalue weighted by Crippen LogP contribution is 2.33. The van der Waals surface area contributed by atoms with Crippen LogP contribution in [-0.2, 0) is 0 Å². The monoisotopic (exact) mass is 292 g/mol. The second-order valence-corrected chi connectivity index (χ2v) is 7.43. The Labute approximate surface area is 101 Å². The second kappa shape index (κ2) is 4.02. The molecular formula is C9H13BrN2S2. The summed E-state index contributed by atoms with van der Waals surface area (Å²) in [6, 6.07) is 0. The normalized spacial score (nSPS) is 21.2. The van der Waals surface area contributed by atoms with Crippen molar-refractivity contribution < 1.29 is 0 Å². The van der Waals surface area contributed by atoms with E-state index in [-0.39, 0.29) is 0 Å². The summed E-state index contributed by atoms with van der Waals surface area (Å²) in [4.78, 5) is 6.83. The number of nitrogens with zero attached hydrogens (tertiary/aromatic N) is 2. The fourth-order valence-electron chi connectivity index (χ4n) is 1.57. The quantitative estimate of drug-likeness (QED) is 0.791. The maximum atomic E-state index is 4.45. The van der Waals surface area contributed by atoms with Crippen LogP contribution in [0, 0.1) is 0 Å². The largest absolute Gasteiger partial charge is 0.346 e. The smallest absolute Gasteiger partial charge is 0.186 e. The topological polar surface area (TPSA) is 16.1 Å². The summed E-state index contributed by atoms with van der Waals surface area (Å²) >= 11 is 7.16. The number of halogens is 1. The minimum Gasteiger partial charge on any atom is -0.346 e. The van der Waals surface area contributed by atoms with Crippen LogP contribution in [0.3, 0.4) is 0 Å². The molecule has 5 heteroatoms. The van der Waals surface area contributed by atoms with Crippen molar-refractivity contribution in [2.45, 2.75) is 18.6 Å². The first-order chi connectivity index (χ1) is 6.57. The van der Waals surface area contributed by atoms with Crippen molar-refractivity contribution in [2.75, 3.05) is 23.7 Å². The lowest BCUT2D eigenvalue weighted by Gasteiger charge is -2.37. The Kier molecular flexibility index (Phi) is 3.09. The van der Waals surface area contributed by atoms with Gasteiger partial charge in [0.1, 0.15) is 4.60 Å². The van der Waals surface area contributed by atoms with Gasteiger partial charge >= 0.3 is 0 Å². The van der Waals surface area contributed by atoms with Gasteiger partial charge in [0.2, 0.25) is 0 Å². The van der Waals surface area contributed by atoms with E-state index in [9.17, 15) is 0 Å². The van der Waals surface area contributed by atoms with E-state index in [2.05, 4.69) is 39.7 Å². The highest BCUT2D eigenvalue weighted by molar-refractivity contribution is 9.10. The van der Waals surface area contributed by atoms with E-state index in [1.165, 1.54) is 5.75 Å². The zero-order chi connectivity index (χ0) is 10.2. The van der Waals surface area contributed by atoms with Gasteiger partial charge < -0.3 is 4.90 Å². The van der Waals surface area contributed by atoms with E-state index in [0.29, 0.717) is 4.75 Å². The Morgan fingerprint density at radius 3 is 2.93 bits per heavy atom. The molecule has 1 aliphatic rings. The van der Waals surface area contributed by atoms with Gasteiger partial charge in [-0.1, -0.05) is 0 Å². The Balaban J connectivity index is 2.12. The molecule has 0 bridgehead atoms. The summed E-state index contributed by atoms with van der Waals surface area (Å²) in [5.41, 5.74) is 0. The van der Waals surface area contributed by atoms with Crippen LogP contribution >= 0.6 is 39.0 Å². The summed E-state index contributed by atoms with van der Waals surface area (Å²) in [7, 11) is 0. The van der Waals surface area contributed by atoms with Crippen LogP contribution in [0.1, 0.15) is 13.8 Å². The van der Waals surface area contributed by atoms with Gasteiger partial charge in [0.15, 0.2) is 5.13 Å². The summed E-state index contributed by atoms with van der Waals surface area (Å²) in [6.45, 7) is 6.81. The molecular weight excluding hydrogens is 280 g/mol. The number of thiazole rings is 1. The van der Waals surface area contributed by atoms with Crippen molar-refractivity contribution in [3.05, 3.63) is 9.98 Å². The van der Waals surface area contributed by atoms with Gasteiger partial charge in [-0.2, -0.15) is 11.8 Å². The van der Waals surface area contributed by atoms with Gasteiger partial charge in [-0.15, -0.1) is 11.3 Å². The van der Waals surface area contributed by atoms with E-state index in [4.69, 9.17) is 0 Å². The van der Waals surface area contributed by atoms with Crippen molar-refractivity contribution in [1.29, 1.82) is 0 Å². The predicted octanol–water partition coefficient (Wildman–Crippen LogP) is 3.24. The molecule has 1 aromatic heterocycles. The predicted molar refractivity (Wildman–Crippen MR) is 68.6 cm³/mol. The van der Waals surface area contributed by atoms with E-state index in [0.717, 1.165) is 22.8 Å². The molecule has 2 rings (SSSR count). The first-order valence-corrected chi connectivity index (χ1v) is 7.23. The summed E-state index contributed by atoms with van der Waals surface area (Å²) in [5, 5.41) is 3.19. The number of aromatic nitrogens is 1. The molecule has 14 heavy (non-hydrogen) atoms. The van der Waals surface area contributed by atoms with Crippen LogP contribution in [0.5, 0.6) is 0 Å². The second-order valence-electron chi connectivity index (χ2n) is 3.98. The average Bonchev–Trinajstić information content (AvgIpc) is 2.50. The number of hydrogen-bond donors (Lipinski definition) is 0. The molecule has 78 valence electrons. The van der Waals surface area contributed by atoms with Gasteiger partial charge in [-0.25, -0.2) is 4.98 Å². The highest BCUT2D eigenvalue weighted by atomic mass is 79.9. The Morgan fingerprint density at radius 1 is 1.57 bits per heavy atom. The van der Waals surface area contributed by atoms with Crippen LogP contribution in [0.2, 0.25) is 0 Å². The van der Waals surface area contributed by atoms with E-state index in [1.807, 2.05) is 17.1 Å². The molecule has 1 fully saturated rings. The van der Waals surface area contributed by atoms with Crippen LogP contribution < -0.4 is 4.90 Å². The molecule has 1 aromatic rings. The first-order valence-electron chi connectivity index (χ1n) is 4.57. The molecule has 2 heterocycles. The molecule has 1 saturated heterocycles. The van der Waals surface area contributed by atoms with Crippen molar-refractivity contribution in [1.82, 2.24) is 4.98 Å². The maximum absolute atomic E-state index is 4.45. The Hall–Kier alpha value is 0.260. The lowest BCUT2D eigenvalue weighted by atomic mass is 10.2. The Bertz CT molecular complexity index is 324. The fraction of sp³-hybridized carbons (Fsp3) is 0.667. The molecule has 0 aliphatic carbocycles. The SMILES string of the molecule is CC1(C)CN(c2nc(Br)cs2)CCS1. The fourth-order valence-corrected chi connectivity index (χ4v) is 3.96. The third-order valence-electron chi connectivity index (χ3n) is 2.16. The average molecular weight is 293 g/mol. The molecule has 2 nitrogen and oxygen atoms in total. The van der Waals surface area contributed by atoms with Crippen molar-refractivity contribution in [2.24, 2.45) is 0 Å². The summed E-state index contributed by atoms with van der Waals surface area (Å²) in [6.07, 6.45) is 0. The van der Waals surface area contributed by atoms with Crippen molar-refractivity contribution in [3.63, 3.8) is 0 Å². The van der Waals surface area contributed by atoms with Crippen LogP contribution in [0.4, 0.5) is 5.13 Å². The van der Waals surface area contributed by atoms with Gasteiger partial charge in [-0.05, 0) is 29.8 Å². The van der Waals surface area contributed by atoms with Gasteiger partial charge in [0, 0.05) is 29.0 Å². The highest BCUT2D eigenvalue weighted by Gasteiger charge is 2.28. The summed E-state index contributed by atoms with van der Waals surface area (Å²) in [5.74, 6) is 1.20. The maximum Gasteiger partial charge on any atom is 0.186 e. The van der Waals surface area contributed by atoms with E-state index < -0.39 is 0 Å². The molecule has 0 amide bonds. The summed E-state index contributed by atoms with van der Waals surface area (Å²) < 4.78 is 1.31. The third kappa shape index (κ3) is 2.44. The van der Waals surface area contributed by atoms with Crippen LogP contribution in [0.15, 0.2) is 9.98 Å². The number of thioether (sulfide) groups is 1. The zero-order valence-corrected chi connectivity index (χ0v) is 11.5. The number of anilines is 1. The molecule has 1 aliphatic heterocycles. The van der Waals surface area contributed by atoms with Gasteiger partial charge in [0.25, 0.3) is 0 Å². The number of hydrogen-bond acceptors (Lipinski definition) is 4. The molecule has 0 spiro atoms. The number of rotatable bonds is 1. The van der Waals surface area contributed by atoms with Gasteiger partial charge in [0.05, 0.1) is 0 Å². The molecule has 0 radical (unpaired) electrons. The van der Waals surface area contributed by atoms with E-state index >= 15 is 0 Å². The minimum absolute atomic E-state index is 0.358. The molecule has 0 saturated carbocycles. The zero-order valence-electron chi connectivity index (χ0n) is 8.29. The lowest BCUT2D eigenvalue weighted by molar-refractivity contribution is 0.646. The van der Waals surface area contributed by atoms with Crippen LogP contribution in [-0.4, -0.2) is 28.6 Å². The standard InChI is InChI=1S/C9H13BrN2S2/c1-9(2)6-12(3-4-14-9)8-11-7(10)5-13-8/h5H,3-4,6H2,1-2H3. The first kappa shape index (κ1) is 10.8. The minimum atomic E-state index is 0.358. The molecule has 0 atom stereocenters. The molecule has 0 aromatic carbocycles. The lowest BCUT2D eigenvalue weighted by Crippen LogP contribution is -2.43. The Morgan fingerprint density at radius 2 is 2.36 bits per heavy atom. The van der Waals surface area contributed by atoms with E-state index in [1.54, 1.807) is 11.3 Å². The third-order valence-corrected chi connectivity index (χ3v) is 5.07. The van der Waals surface area contributed by atoms with Crippen molar-refractivity contribution in [3.8, 4) is 0 Å². The molecule has 0 unspecified atom stereocenters. The van der Waals surface area contributed by atoms with Crippen LogP contribution in [0.25, 0.3) is 0 Å². The van der Waals surface area contributed by atoms with Crippen molar-refractivity contribution >= 4 is 44.2 Å². The van der Waals surface area contributed by atoms with Gasteiger partial charge in [-0.3, -0.25) is 0 Å².